The Bertz CT molecular complexity index is 1210. The minimum Gasteiger partial charge on any atom is -0.318 e. The van der Waals surface area contributed by atoms with E-state index in [-0.39, 0.29) is 17.9 Å². The molecule has 0 spiro atoms. The van der Waals surface area contributed by atoms with Crippen molar-refractivity contribution in [3.8, 4) is 5.69 Å². The Kier molecular flexibility index (Phi) is 5.25. The third kappa shape index (κ3) is 3.90. The third-order valence-corrected chi connectivity index (χ3v) is 5.22. The molecule has 2 aromatic carbocycles. The smallest absolute Gasteiger partial charge is 0.318 e. The van der Waals surface area contributed by atoms with Crippen molar-refractivity contribution in [3.63, 3.8) is 0 Å². The van der Waals surface area contributed by atoms with Crippen LogP contribution >= 0.6 is 0 Å². The molecule has 4 rings (SSSR count). The van der Waals surface area contributed by atoms with Crippen LogP contribution in [0.1, 0.15) is 22.5 Å². The molecule has 1 N–H and O–H groups in total. The summed E-state index contributed by atoms with van der Waals surface area (Å²) in [6.07, 6.45) is 1.49. The highest BCUT2D eigenvalue weighted by Crippen LogP contribution is 2.24. The fraction of sp³-hybridized carbons (Fsp3) is 0.125. The van der Waals surface area contributed by atoms with E-state index in [1.54, 1.807) is 24.3 Å². The summed E-state index contributed by atoms with van der Waals surface area (Å²) in [6.45, 7) is 3.79. The molecule has 0 aliphatic carbocycles. The lowest BCUT2D eigenvalue weighted by atomic mass is 10.1. The molecule has 0 atom stereocenters. The molecule has 0 unspecified atom stereocenters. The van der Waals surface area contributed by atoms with Gasteiger partial charge < -0.3 is 4.57 Å². The number of barbiturate groups is 1. The van der Waals surface area contributed by atoms with E-state index in [0.717, 1.165) is 27.5 Å². The highest BCUT2D eigenvalue weighted by atomic mass is 19.1. The molecule has 6 nitrogen and oxygen atoms in total. The molecule has 1 aliphatic rings. The van der Waals surface area contributed by atoms with Crippen molar-refractivity contribution >= 4 is 23.9 Å². The molecule has 0 radical (unpaired) electrons. The van der Waals surface area contributed by atoms with Gasteiger partial charge in [0.25, 0.3) is 11.8 Å². The fourth-order valence-electron chi connectivity index (χ4n) is 3.68. The van der Waals surface area contributed by atoms with Crippen LogP contribution in [-0.2, 0) is 16.1 Å². The van der Waals surface area contributed by atoms with Crippen LogP contribution in [0.25, 0.3) is 11.8 Å². The summed E-state index contributed by atoms with van der Waals surface area (Å²) in [5.41, 5.74) is 3.72. The number of carbonyl (C=O) groups excluding carboxylic acids is 3. The van der Waals surface area contributed by atoms with Crippen molar-refractivity contribution in [1.82, 2.24) is 14.8 Å². The minimum absolute atomic E-state index is 0.0602. The first-order chi connectivity index (χ1) is 14.8. The van der Waals surface area contributed by atoms with Crippen molar-refractivity contribution in [3.05, 3.63) is 94.6 Å². The van der Waals surface area contributed by atoms with Crippen LogP contribution in [0.2, 0.25) is 0 Å². The van der Waals surface area contributed by atoms with E-state index in [2.05, 4.69) is 5.32 Å². The summed E-state index contributed by atoms with van der Waals surface area (Å²) >= 11 is 0. The quantitative estimate of drug-likeness (QED) is 0.517. The van der Waals surface area contributed by atoms with E-state index in [1.807, 2.05) is 42.7 Å². The lowest BCUT2D eigenvalue weighted by Gasteiger charge is -2.26. The zero-order chi connectivity index (χ0) is 22.1. The average molecular weight is 417 g/mol. The molecule has 1 fully saturated rings. The van der Waals surface area contributed by atoms with Crippen LogP contribution < -0.4 is 5.32 Å². The standard InChI is InChI=1S/C24H20FN3O3/c1-15-12-18(16(2)28(15)20-10-8-19(25)9-11-20)13-21-22(29)26-24(31)27(23(21)30)14-17-6-4-3-5-7-17/h3-13H,14H2,1-2H3,(H,26,29,31). The molecule has 1 aliphatic heterocycles. The van der Waals surface area contributed by atoms with E-state index in [9.17, 15) is 18.8 Å². The first-order valence-electron chi connectivity index (χ1n) is 9.73. The minimum atomic E-state index is -0.743. The number of aryl methyl sites for hydroxylation is 1. The molecule has 31 heavy (non-hydrogen) atoms. The van der Waals surface area contributed by atoms with Gasteiger partial charge in [-0.15, -0.1) is 0 Å². The summed E-state index contributed by atoms with van der Waals surface area (Å²) in [6, 6.07) is 16.2. The predicted molar refractivity (Wildman–Crippen MR) is 114 cm³/mol. The summed E-state index contributed by atoms with van der Waals surface area (Å²) in [5.74, 6) is -1.71. The Morgan fingerprint density at radius 3 is 2.32 bits per heavy atom. The van der Waals surface area contributed by atoms with Crippen molar-refractivity contribution in [2.24, 2.45) is 0 Å². The first-order valence-corrected chi connectivity index (χ1v) is 9.73. The Labute approximate surface area is 178 Å². The van der Waals surface area contributed by atoms with Crippen molar-refractivity contribution in [1.29, 1.82) is 0 Å². The Morgan fingerprint density at radius 1 is 0.968 bits per heavy atom. The zero-order valence-corrected chi connectivity index (χ0v) is 17.1. The van der Waals surface area contributed by atoms with Gasteiger partial charge in [0.1, 0.15) is 11.4 Å². The lowest BCUT2D eigenvalue weighted by Crippen LogP contribution is -2.53. The van der Waals surface area contributed by atoms with Gasteiger partial charge in [-0.05, 0) is 61.4 Å². The Balaban J connectivity index is 1.69. The number of halogens is 1. The normalized spacial score (nSPS) is 15.5. The Hall–Kier alpha value is -4.00. The SMILES string of the molecule is Cc1cc(C=C2C(=O)NC(=O)N(Cc3ccccc3)C2=O)c(C)n1-c1ccc(F)cc1. The maximum absolute atomic E-state index is 13.3. The second-order valence-electron chi connectivity index (χ2n) is 7.33. The molecule has 1 aromatic heterocycles. The number of hydrogen-bond acceptors (Lipinski definition) is 3. The summed E-state index contributed by atoms with van der Waals surface area (Å²) < 4.78 is 15.2. The van der Waals surface area contributed by atoms with Crippen LogP contribution in [0.15, 0.2) is 66.2 Å². The molecule has 0 saturated carbocycles. The summed E-state index contributed by atoms with van der Waals surface area (Å²) in [7, 11) is 0. The number of hydrogen-bond donors (Lipinski definition) is 1. The average Bonchev–Trinajstić information content (AvgIpc) is 3.03. The largest absolute Gasteiger partial charge is 0.331 e. The molecule has 3 aromatic rings. The molecule has 1 saturated heterocycles. The molecule has 7 heteroatoms. The van der Waals surface area contributed by atoms with E-state index >= 15 is 0 Å². The molecule has 156 valence electrons. The van der Waals surface area contributed by atoms with Gasteiger partial charge >= 0.3 is 6.03 Å². The number of aromatic nitrogens is 1. The maximum Gasteiger partial charge on any atom is 0.331 e. The van der Waals surface area contributed by atoms with Crippen molar-refractivity contribution in [2.75, 3.05) is 0 Å². The molecule has 0 bridgehead atoms. The van der Waals surface area contributed by atoms with Crippen LogP contribution in [-0.4, -0.2) is 27.3 Å². The zero-order valence-electron chi connectivity index (χ0n) is 17.1. The lowest BCUT2D eigenvalue weighted by molar-refractivity contribution is -0.130. The van der Waals surface area contributed by atoms with Crippen LogP contribution in [0.4, 0.5) is 9.18 Å². The fourth-order valence-corrected chi connectivity index (χ4v) is 3.68. The monoisotopic (exact) mass is 417 g/mol. The molecule has 2 heterocycles. The van der Waals surface area contributed by atoms with Crippen molar-refractivity contribution in [2.45, 2.75) is 20.4 Å². The van der Waals surface area contributed by atoms with Gasteiger partial charge in [-0.25, -0.2) is 9.18 Å². The number of urea groups is 1. The van der Waals surface area contributed by atoms with Crippen molar-refractivity contribution < 1.29 is 18.8 Å². The topological polar surface area (TPSA) is 71.4 Å². The van der Waals surface area contributed by atoms with Gasteiger partial charge in [0.05, 0.1) is 6.54 Å². The second kappa shape index (κ2) is 8.02. The van der Waals surface area contributed by atoms with E-state index in [1.165, 1.54) is 18.2 Å². The number of carbonyl (C=O) groups is 3. The van der Waals surface area contributed by atoms with Gasteiger partial charge in [-0.2, -0.15) is 0 Å². The van der Waals surface area contributed by atoms with Gasteiger partial charge in [-0.1, -0.05) is 30.3 Å². The van der Waals surface area contributed by atoms with Crippen LogP contribution in [0.3, 0.4) is 0 Å². The van der Waals surface area contributed by atoms with Crippen LogP contribution in [0.5, 0.6) is 0 Å². The van der Waals surface area contributed by atoms with Gasteiger partial charge in [-0.3, -0.25) is 19.8 Å². The highest BCUT2D eigenvalue weighted by molar-refractivity contribution is 6.31. The number of benzene rings is 2. The third-order valence-electron chi connectivity index (χ3n) is 5.22. The van der Waals surface area contributed by atoms with Gasteiger partial charge in [0, 0.05) is 17.1 Å². The van der Waals surface area contributed by atoms with E-state index < -0.39 is 17.8 Å². The molecule has 4 amide bonds. The number of imide groups is 2. The number of nitrogens with one attached hydrogen (secondary N) is 1. The van der Waals surface area contributed by atoms with Crippen LogP contribution in [0, 0.1) is 19.7 Å². The van der Waals surface area contributed by atoms with E-state index in [4.69, 9.17) is 0 Å². The van der Waals surface area contributed by atoms with E-state index in [0.29, 0.717) is 5.56 Å². The first kappa shape index (κ1) is 20.3. The summed E-state index contributed by atoms with van der Waals surface area (Å²) in [4.78, 5) is 38.7. The molecular formula is C24H20FN3O3. The second-order valence-corrected chi connectivity index (χ2v) is 7.33. The highest BCUT2D eigenvalue weighted by Gasteiger charge is 2.35. The number of amides is 4. The Morgan fingerprint density at radius 2 is 1.65 bits per heavy atom. The number of rotatable bonds is 4. The number of nitrogens with zero attached hydrogens (tertiary/aromatic N) is 2. The van der Waals surface area contributed by atoms with Gasteiger partial charge in [0.15, 0.2) is 0 Å². The summed E-state index contributed by atoms with van der Waals surface area (Å²) in [5, 5.41) is 2.24. The maximum atomic E-state index is 13.3. The predicted octanol–water partition coefficient (Wildman–Crippen LogP) is 3.90. The van der Waals surface area contributed by atoms with Gasteiger partial charge in [0.2, 0.25) is 0 Å². The molecular weight excluding hydrogens is 397 g/mol.